The molecule has 1 fully saturated rings. The molecular weight excluding hydrogens is 228 g/mol. The molecule has 1 rings (SSSR count). The summed E-state index contributed by atoms with van der Waals surface area (Å²) in [6.07, 6.45) is 3.37. The average Bonchev–Trinajstić information content (AvgIpc) is 2.19. The summed E-state index contributed by atoms with van der Waals surface area (Å²) in [5.41, 5.74) is -0.834. The van der Waals surface area contributed by atoms with E-state index in [2.05, 4.69) is 0 Å². The molecule has 16 heavy (non-hydrogen) atoms. The lowest BCUT2D eigenvalue weighted by Gasteiger charge is -2.37. The van der Waals surface area contributed by atoms with Crippen molar-refractivity contribution in [3.8, 4) is 0 Å². The molecule has 1 saturated carbocycles. The Bertz CT molecular complexity index is 360. The van der Waals surface area contributed by atoms with Crippen LogP contribution in [0.5, 0.6) is 0 Å². The molecule has 0 aromatic carbocycles. The number of rotatable bonds is 4. The van der Waals surface area contributed by atoms with Gasteiger partial charge in [0.15, 0.2) is 0 Å². The average molecular weight is 248 g/mol. The van der Waals surface area contributed by atoms with E-state index in [4.69, 9.17) is 4.55 Å². The molecule has 0 amide bonds. The Hall–Kier alpha value is -0.420. The maximum absolute atomic E-state index is 12.0. The van der Waals surface area contributed by atoms with Crippen molar-refractivity contribution in [2.24, 2.45) is 11.3 Å². The van der Waals surface area contributed by atoms with Crippen LogP contribution < -0.4 is 0 Å². The first-order chi connectivity index (χ1) is 7.33. The van der Waals surface area contributed by atoms with E-state index >= 15 is 0 Å². The van der Waals surface area contributed by atoms with Gasteiger partial charge in [0.2, 0.25) is 0 Å². The van der Waals surface area contributed by atoms with Crippen molar-refractivity contribution in [3.63, 3.8) is 0 Å². The minimum absolute atomic E-state index is 0.00530. The number of carbonyl (C=O) groups excluding carboxylic acids is 1. The van der Waals surface area contributed by atoms with Crippen LogP contribution in [0.15, 0.2) is 0 Å². The molecule has 94 valence electrons. The summed E-state index contributed by atoms with van der Waals surface area (Å²) >= 11 is 0. The highest BCUT2D eigenvalue weighted by atomic mass is 32.2. The van der Waals surface area contributed by atoms with E-state index in [9.17, 15) is 13.2 Å². The molecule has 0 aromatic rings. The van der Waals surface area contributed by atoms with Crippen molar-refractivity contribution in [2.75, 3.05) is 5.75 Å². The Kier molecular flexibility index (Phi) is 4.12. The highest BCUT2D eigenvalue weighted by molar-refractivity contribution is 7.85. The van der Waals surface area contributed by atoms with Crippen LogP contribution >= 0.6 is 0 Å². The predicted molar refractivity (Wildman–Crippen MR) is 61.8 cm³/mol. The van der Waals surface area contributed by atoms with Gasteiger partial charge in [-0.25, -0.2) is 0 Å². The Morgan fingerprint density at radius 2 is 2.06 bits per heavy atom. The molecule has 2 atom stereocenters. The molecule has 0 aromatic heterocycles. The maximum atomic E-state index is 12.0. The van der Waals surface area contributed by atoms with Gasteiger partial charge in [-0.1, -0.05) is 20.3 Å². The predicted octanol–water partition coefficient (Wildman–Crippen LogP) is 2.05. The van der Waals surface area contributed by atoms with Crippen LogP contribution in [-0.4, -0.2) is 24.5 Å². The van der Waals surface area contributed by atoms with E-state index in [1.54, 1.807) is 0 Å². The number of carbonyl (C=O) groups is 1. The summed E-state index contributed by atoms with van der Waals surface area (Å²) in [4.78, 5) is 12.0. The molecular formula is C11H20O4S. The van der Waals surface area contributed by atoms with Crippen LogP contribution in [-0.2, 0) is 14.9 Å². The minimum Gasteiger partial charge on any atom is -0.299 e. The number of ketones is 1. The zero-order valence-corrected chi connectivity index (χ0v) is 10.7. The molecule has 0 radical (unpaired) electrons. The summed E-state index contributed by atoms with van der Waals surface area (Å²) < 4.78 is 30.9. The normalized spacial score (nSPS) is 31.7. The second-order valence-electron chi connectivity index (χ2n) is 4.80. The lowest BCUT2D eigenvalue weighted by atomic mass is 9.68. The van der Waals surface area contributed by atoms with E-state index in [1.165, 1.54) is 0 Å². The molecule has 0 spiro atoms. The third-order valence-corrected chi connectivity index (χ3v) is 4.73. The maximum Gasteiger partial charge on any atom is 0.265 e. The zero-order chi connectivity index (χ0) is 12.4. The molecule has 0 aliphatic heterocycles. The fraction of sp³-hybridized carbons (Fsp3) is 0.909. The third-order valence-electron chi connectivity index (χ3n) is 3.81. The van der Waals surface area contributed by atoms with Crippen molar-refractivity contribution in [1.82, 2.24) is 0 Å². The monoisotopic (exact) mass is 248 g/mol. The van der Waals surface area contributed by atoms with Crippen molar-refractivity contribution < 1.29 is 17.8 Å². The molecule has 1 aliphatic carbocycles. The highest BCUT2D eigenvalue weighted by Crippen LogP contribution is 2.40. The van der Waals surface area contributed by atoms with Crippen LogP contribution in [0.4, 0.5) is 0 Å². The van der Waals surface area contributed by atoms with Gasteiger partial charge in [-0.15, -0.1) is 0 Å². The lowest BCUT2D eigenvalue weighted by molar-refractivity contribution is -0.132. The van der Waals surface area contributed by atoms with Crippen LogP contribution in [0.25, 0.3) is 0 Å². The zero-order valence-electron chi connectivity index (χ0n) is 9.90. The highest BCUT2D eigenvalue weighted by Gasteiger charge is 2.43. The Morgan fingerprint density at radius 1 is 1.44 bits per heavy atom. The van der Waals surface area contributed by atoms with E-state index in [1.807, 2.05) is 13.8 Å². The Morgan fingerprint density at radius 3 is 2.44 bits per heavy atom. The van der Waals surface area contributed by atoms with Gasteiger partial charge in [0.1, 0.15) is 5.78 Å². The van der Waals surface area contributed by atoms with Gasteiger partial charge < -0.3 is 0 Å². The van der Waals surface area contributed by atoms with Gasteiger partial charge in [0.25, 0.3) is 10.1 Å². The van der Waals surface area contributed by atoms with Crippen LogP contribution in [0, 0.1) is 11.3 Å². The quantitative estimate of drug-likeness (QED) is 0.773. The minimum atomic E-state index is -4.07. The number of hydrogen-bond donors (Lipinski definition) is 1. The second-order valence-corrected chi connectivity index (χ2v) is 6.25. The van der Waals surface area contributed by atoms with Crippen molar-refractivity contribution in [2.45, 2.75) is 46.0 Å². The van der Waals surface area contributed by atoms with Gasteiger partial charge in [-0.3, -0.25) is 9.35 Å². The first kappa shape index (κ1) is 13.6. The van der Waals surface area contributed by atoms with Crippen LogP contribution in [0.1, 0.15) is 46.0 Å². The Labute approximate surface area is 97.2 Å². The second kappa shape index (κ2) is 4.84. The smallest absolute Gasteiger partial charge is 0.265 e. The topological polar surface area (TPSA) is 71.4 Å². The molecule has 0 heterocycles. The van der Waals surface area contributed by atoms with Gasteiger partial charge in [0, 0.05) is 11.8 Å². The van der Waals surface area contributed by atoms with E-state index < -0.39 is 21.3 Å². The molecule has 1 N–H and O–H groups in total. The van der Waals surface area contributed by atoms with Gasteiger partial charge in [-0.05, 0) is 25.2 Å². The lowest BCUT2D eigenvalue weighted by Crippen LogP contribution is -2.42. The van der Waals surface area contributed by atoms with Gasteiger partial charge in [-0.2, -0.15) is 8.42 Å². The standard InChI is InChI=1S/C11H20O4S/c1-3-9-5-6-11(4-2,10(12)7-9)8-16(13,14)15/h9H,3-8H2,1-2H3,(H,13,14,15)/t9-,11+/m1/s1. The summed E-state index contributed by atoms with van der Waals surface area (Å²) in [7, 11) is -4.07. The van der Waals surface area contributed by atoms with Gasteiger partial charge in [0.05, 0.1) is 5.75 Å². The molecule has 5 heteroatoms. The van der Waals surface area contributed by atoms with Crippen molar-refractivity contribution in [3.05, 3.63) is 0 Å². The fourth-order valence-electron chi connectivity index (χ4n) is 2.53. The van der Waals surface area contributed by atoms with E-state index in [0.29, 0.717) is 25.2 Å². The summed E-state index contributed by atoms with van der Waals surface area (Å²) in [5.74, 6) is -0.0227. The summed E-state index contributed by atoms with van der Waals surface area (Å²) in [6.45, 7) is 3.86. The first-order valence-electron chi connectivity index (χ1n) is 5.81. The molecule has 4 nitrogen and oxygen atoms in total. The SMILES string of the molecule is CC[C@@H]1CC[C@@](CC)(CS(=O)(=O)O)C(=O)C1. The van der Waals surface area contributed by atoms with Crippen molar-refractivity contribution in [1.29, 1.82) is 0 Å². The van der Waals surface area contributed by atoms with E-state index in [-0.39, 0.29) is 5.78 Å². The van der Waals surface area contributed by atoms with Crippen LogP contribution in [0.3, 0.4) is 0 Å². The van der Waals surface area contributed by atoms with Crippen LogP contribution in [0.2, 0.25) is 0 Å². The number of Topliss-reactive ketones (excluding diaryl/α,β-unsaturated/α-hetero) is 1. The summed E-state index contributed by atoms with van der Waals surface area (Å²) in [5, 5.41) is 0. The fourth-order valence-corrected chi connectivity index (χ4v) is 3.73. The largest absolute Gasteiger partial charge is 0.299 e. The molecule has 0 saturated heterocycles. The Balaban J connectivity index is 2.86. The third kappa shape index (κ3) is 3.04. The molecule has 0 unspecified atom stereocenters. The first-order valence-corrected chi connectivity index (χ1v) is 7.42. The van der Waals surface area contributed by atoms with Crippen molar-refractivity contribution >= 4 is 15.9 Å². The molecule has 1 aliphatic rings. The van der Waals surface area contributed by atoms with Gasteiger partial charge >= 0.3 is 0 Å². The summed E-state index contributed by atoms with van der Waals surface area (Å²) in [6, 6.07) is 0. The number of hydrogen-bond acceptors (Lipinski definition) is 3. The van der Waals surface area contributed by atoms with E-state index in [0.717, 1.165) is 12.8 Å². The molecule has 0 bridgehead atoms.